The fraction of sp³-hybridized carbons (Fsp3) is 0.286. The zero-order valence-electron chi connectivity index (χ0n) is 13.9. The molecule has 1 unspecified atom stereocenters. The first-order valence-electron chi connectivity index (χ1n) is 8.92. The fourth-order valence-corrected chi connectivity index (χ4v) is 4.32. The summed E-state index contributed by atoms with van der Waals surface area (Å²) < 4.78 is 2.42. The lowest BCUT2D eigenvalue weighted by Crippen LogP contribution is -2.26. The molecular formula is C21H21N3. The Morgan fingerprint density at radius 2 is 1.92 bits per heavy atom. The van der Waals surface area contributed by atoms with E-state index in [1.807, 2.05) is 0 Å². The van der Waals surface area contributed by atoms with E-state index in [0.717, 1.165) is 30.7 Å². The van der Waals surface area contributed by atoms with Crippen LogP contribution in [0.1, 0.15) is 43.4 Å². The first-order valence-corrected chi connectivity index (χ1v) is 8.92. The van der Waals surface area contributed by atoms with Crippen LogP contribution in [-0.2, 0) is 6.42 Å². The van der Waals surface area contributed by atoms with Gasteiger partial charge in [0.25, 0.3) is 0 Å². The van der Waals surface area contributed by atoms with Crippen molar-refractivity contribution in [3.05, 3.63) is 65.2 Å². The lowest BCUT2D eigenvalue weighted by Gasteiger charge is -2.35. The Balaban J connectivity index is 1.75. The van der Waals surface area contributed by atoms with E-state index in [-0.39, 0.29) is 0 Å². The van der Waals surface area contributed by atoms with Gasteiger partial charge in [0.15, 0.2) is 0 Å². The Bertz CT molecular complexity index is 964. The van der Waals surface area contributed by atoms with E-state index in [4.69, 9.17) is 4.98 Å². The van der Waals surface area contributed by atoms with Gasteiger partial charge in [-0.1, -0.05) is 49.7 Å². The monoisotopic (exact) mass is 315 g/mol. The molecule has 2 aliphatic rings. The molecule has 1 N–H and O–H groups in total. The maximum atomic E-state index is 4.87. The van der Waals surface area contributed by atoms with Crippen molar-refractivity contribution in [2.24, 2.45) is 0 Å². The van der Waals surface area contributed by atoms with Crippen molar-refractivity contribution >= 4 is 22.7 Å². The Labute approximate surface area is 142 Å². The number of allylic oxidation sites excluding steroid dienone is 1. The maximum absolute atomic E-state index is 4.87. The van der Waals surface area contributed by atoms with Crippen molar-refractivity contribution in [1.29, 1.82) is 0 Å². The number of aromatic nitrogens is 2. The Kier molecular flexibility index (Phi) is 3.02. The first kappa shape index (κ1) is 13.8. The summed E-state index contributed by atoms with van der Waals surface area (Å²) in [5.41, 5.74) is 7.98. The Morgan fingerprint density at radius 3 is 2.83 bits per heavy atom. The van der Waals surface area contributed by atoms with Gasteiger partial charge in [-0.3, -0.25) is 0 Å². The van der Waals surface area contributed by atoms with Crippen LogP contribution in [0.25, 0.3) is 16.7 Å². The van der Waals surface area contributed by atoms with E-state index >= 15 is 0 Å². The van der Waals surface area contributed by atoms with Crippen molar-refractivity contribution in [3.63, 3.8) is 0 Å². The van der Waals surface area contributed by atoms with Crippen LogP contribution in [0.3, 0.4) is 0 Å². The van der Waals surface area contributed by atoms with E-state index in [9.17, 15) is 0 Å². The minimum Gasteiger partial charge on any atom is -0.325 e. The predicted molar refractivity (Wildman–Crippen MR) is 99.0 cm³/mol. The standard InChI is InChI=1S/C21H21N3/c1-2-7-18-16-13-12-14-8-3-4-9-15(14)20(16)23-21-22-17-10-5-6-11-19(17)24(18)21/h3-6,8-11,18H,2,7,12-13H2,1H3,(H,22,23). The number of hydrogen-bond acceptors (Lipinski definition) is 2. The highest BCUT2D eigenvalue weighted by atomic mass is 15.2. The van der Waals surface area contributed by atoms with Gasteiger partial charge in [-0.15, -0.1) is 0 Å². The summed E-state index contributed by atoms with van der Waals surface area (Å²) in [6.07, 6.45) is 4.61. The lowest BCUT2D eigenvalue weighted by molar-refractivity contribution is 0.515. The van der Waals surface area contributed by atoms with Gasteiger partial charge >= 0.3 is 0 Å². The van der Waals surface area contributed by atoms with Gasteiger partial charge in [-0.05, 0) is 42.5 Å². The molecule has 3 aromatic rings. The van der Waals surface area contributed by atoms with Crippen molar-refractivity contribution in [3.8, 4) is 0 Å². The molecule has 0 saturated heterocycles. The second kappa shape index (κ2) is 5.23. The molecule has 5 rings (SSSR count). The topological polar surface area (TPSA) is 29.9 Å². The third kappa shape index (κ3) is 1.87. The SMILES string of the molecule is CCCC1C2=C(Nc3nc4ccccc4n31)c1ccccc1CC2. The molecule has 0 saturated carbocycles. The first-order chi connectivity index (χ1) is 11.9. The van der Waals surface area contributed by atoms with Crippen LogP contribution < -0.4 is 5.32 Å². The largest absolute Gasteiger partial charge is 0.325 e. The second-order valence-corrected chi connectivity index (χ2v) is 6.78. The number of aryl methyl sites for hydroxylation is 1. The summed E-state index contributed by atoms with van der Waals surface area (Å²) in [6, 6.07) is 17.7. The number of fused-ring (bicyclic) bond motifs is 5. The van der Waals surface area contributed by atoms with Crippen LogP contribution in [0.4, 0.5) is 5.95 Å². The second-order valence-electron chi connectivity index (χ2n) is 6.78. The quantitative estimate of drug-likeness (QED) is 0.708. The Morgan fingerprint density at radius 1 is 1.08 bits per heavy atom. The van der Waals surface area contributed by atoms with Crippen LogP contribution >= 0.6 is 0 Å². The molecule has 1 atom stereocenters. The van der Waals surface area contributed by atoms with Crippen LogP contribution in [0.5, 0.6) is 0 Å². The minimum atomic E-state index is 0.419. The molecule has 2 heterocycles. The summed E-state index contributed by atoms with van der Waals surface area (Å²) in [4.78, 5) is 4.87. The average molecular weight is 315 g/mol. The third-order valence-electron chi connectivity index (χ3n) is 5.38. The highest BCUT2D eigenvalue weighted by Crippen LogP contribution is 2.44. The van der Waals surface area contributed by atoms with Crippen LogP contribution in [-0.4, -0.2) is 9.55 Å². The molecule has 1 aromatic heterocycles. The molecule has 1 aliphatic heterocycles. The maximum Gasteiger partial charge on any atom is 0.209 e. The summed E-state index contributed by atoms with van der Waals surface area (Å²) >= 11 is 0. The van der Waals surface area contributed by atoms with E-state index < -0.39 is 0 Å². The van der Waals surface area contributed by atoms with Gasteiger partial charge in [0.2, 0.25) is 5.95 Å². The van der Waals surface area contributed by atoms with Crippen molar-refractivity contribution in [2.75, 3.05) is 5.32 Å². The third-order valence-corrected chi connectivity index (χ3v) is 5.38. The number of nitrogens with one attached hydrogen (secondary N) is 1. The molecule has 0 radical (unpaired) electrons. The molecule has 0 amide bonds. The number of benzene rings is 2. The predicted octanol–water partition coefficient (Wildman–Crippen LogP) is 5.16. The lowest BCUT2D eigenvalue weighted by atomic mass is 9.83. The van der Waals surface area contributed by atoms with E-state index in [2.05, 4.69) is 65.3 Å². The molecule has 120 valence electrons. The number of imidazole rings is 1. The van der Waals surface area contributed by atoms with Crippen LogP contribution in [0, 0.1) is 0 Å². The minimum absolute atomic E-state index is 0.419. The fourth-order valence-electron chi connectivity index (χ4n) is 4.32. The van der Waals surface area contributed by atoms with Gasteiger partial charge in [-0.25, -0.2) is 4.98 Å². The average Bonchev–Trinajstić information content (AvgIpc) is 3.00. The molecule has 0 fully saturated rings. The summed E-state index contributed by atoms with van der Waals surface area (Å²) in [5.74, 6) is 0.991. The molecular weight excluding hydrogens is 294 g/mol. The summed E-state index contributed by atoms with van der Waals surface area (Å²) in [5, 5.41) is 3.66. The highest BCUT2D eigenvalue weighted by Gasteiger charge is 2.32. The number of nitrogens with zero attached hydrogens (tertiary/aromatic N) is 2. The van der Waals surface area contributed by atoms with Gasteiger partial charge < -0.3 is 9.88 Å². The van der Waals surface area contributed by atoms with E-state index in [1.165, 1.54) is 28.8 Å². The highest BCUT2D eigenvalue weighted by molar-refractivity contribution is 5.87. The zero-order valence-corrected chi connectivity index (χ0v) is 13.9. The molecule has 1 aliphatic carbocycles. The smallest absolute Gasteiger partial charge is 0.209 e. The molecule has 0 spiro atoms. The van der Waals surface area contributed by atoms with Crippen molar-refractivity contribution < 1.29 is 0 Å². The van der Waals surface area contributed by atoms with E-state index in [1.54, 1.807) is 5.57 Å². The van der Waals surface area contributed by atoms with Gasteiger partial charge in [0.05, 0.1) is 17.1 Å². The summed E-state index contributed by atoms with van der Waals surface area (Å²) in [6.45, 7) is 2.28. The molecule has 3 nitrogen and oxygen atoms in total. The molecule has 0 bridgehead atoms. The van der Waals surface area contributed by atoms with E-state index in [0.29, 0.717) is 6.04 Å². The van der Waals surface area contributed by atoms with Gasteiger partial charge in [0.1, 0.15) is 0 Å². The van der Waals surface area contributed by atoms with Crippen LogP contribution in [0.2, 0.25) is 0 Å². The van der Waals surface area contributed by atoms with Crippen molar-refractivity contribution in [1.82, 2.24) is 9.55 Å². The molecule has 2 aromatic carbocycles. The van der Waals surface area contributed by atoms with Crippen LogP contribution in [0.15, 0.2) is 54.1 Å². The van der Waals surface area contributed by atoms with Crippen molar-refractivity contribution in [2.45, 2.75) is 38.6 Å². The van der Waals surface area contributed by atoms with Gasteiger partial charge in [0, 0.05) is 11.3 Å². The normalized spacial score (nSPS) is 18.8. The van der Waals surface area contributed by atoms with Gasteiger partial charge in [-0.2, -0.15) is 0 Å². The molecule has 3 heteroatoms. The Hall–Kier alpha value is -2.55. The zero-order chi connectivity index (χ0) is 16.1. The molecule has 24 heavy (non-hydrogen) atoms. The summed E-state index contributed by atoms with van der Waals surface area (Å²) in [7, 11) is 0. The number of hydrogen-bond donors (Lipinski definition) is 1. The number of para-hydroxylation sites is 2. The number of anilines is 1. The number of rotatable bonds is 2.